The number of nitrogens with zero attached hydrogens (tertiary/aromatic N) is 1. The molecule has 2 rings (SSSR count). The fraction of sp³-hybridized carbons (Fsp3) is 0.500. The van der Waals surface area contributed by atoms with Gasteiger partial charge in [0.1, 0.15) is 6.61 Å². The molecule has 3 nitrogen and oxygen atoms in total. The van der Waals surface area contributed by atoms with E-state index < -0.39 is 0 Å². The van der Waals surface area contributed by atoms with Crippen molar-refractivity contribution in [3.63, 3.8) is 0 Å². The maximum atomic E-state index is 5.44. The Morgan fingerprint density at radius 1 is 1.41 bits per heavy atom. The Balaban J connectivity index is 1.80. The SMILES string of the molecule is C/C(=N\OCC1CCCNC1)c1ccccc1. The Hall–Kier alpha value is -1.35. The highest BCUT2D eigenvalue weighted by Gasteiger charge is 2.13. The molecule has 1 aromatic rings. The summed E-state index contributed by atoms with van der Waals surface area (Å²) in [4.78, 5) is 5.44. The Labute approximate surface area is 103 Å². The molecular formula is C14H20N2O. The summed E-state index contributed by atoms with van der Waals surface area (Å²) in [7, 11) is 0. The Bertz CT molecular complexity index is 356. The van der Waals surface area contributed by atoms with Crippen molar-refractivity contribution in [1.82, 2.24) is 5.32 Å². The highest BCUT2D eigenvalue weighted by molar-refractivity contribution is 5.98. The van der Waals surface area contributed by atoms with Gasteiger partial charge < -0.3 is 10.2 Å². The molecule has 1 saturated heterocycles. The van der Waals surface area contributed by atoms with Gasteiger partial charge in [-0.25, -0.2) is 0 Å². The molecule has 1 N–H and O–H groups in total. The predicted molar refractivity (Wildman–Crippen MR) is 70.2 cm³/mol. The van der Waals surface area contributed by atoms with Crippen molar-refractivity contribution in [3.05, 3.63) is 35.9 Å². The van der Waals surface area contributed by atoms with Gasteiger partial charge in [0, 0.05) is 12.5 Å². The summed E-state index contributed by atoms with van der Waals surface area (Å²) in [6.45, 7) is 4.90. The van der Waals surface area contributed by atoms with Crippen LogP contribution in [0.25, 0.3) is 0 Å². The van der Waals surface area contributed by atoms with Gasteiger partial charge in [0.2, 0.25) is 0 Å². The minimum Gasteiger partial charge on any atom is -0.395 e. The molecule has 17 heavy (non-hydrogen) atoms. The van der Waals surface area contributed by atoms with E-state index in [4.69, 9.17) is 4.84 Å². The lowest BCUT2D eigenvalue weighted by molar-refractivity contribution is 0.0966. The van der Waals surface area contributed by atoms with E-state index in [2.05, 4.69) is 10.5 Å². The molecule has 0 radical (unpaired) electrons. The van der Waals surface area contributed by atoms with Crippen LogP contribution in [0, 0.1) is 5.92 Å². The topological polar surface area (TPSA) is 33.6 Å². The van der Waals surface area contributed by atoms with E-state index in [0.717, 1.165) is 31.0 Å². The van der Waals surface area contributed by atoms with Crippen LogP contribution in [0.5, 0.6) is 0 Å². The minimum absolute atomic E-state index is 0.607. The molecular weight excluding hydrogens is 212 g/mol. The number of oxime groups is 1. The maximum Gasteiger partial charge on any atom is 0.121 e. The van der Waals surface area contributed by atoms with Crippen LogP contribution < -0.4 is 5.32 Å². The van der Waals surface area contributed by atoms with Crippen LogP contribution in [0.15, 0.2) is 35.5 Å². The molecule has 1 fully saturated rings. The number of hydrogen-bond acceptors (Lipinski definition) is 3. The van der Waals surface area contributed by atoms with Crippen LogP contribution in [-0.2, 0) is 4.84 Å². The fourth-order valence-electron chi connectivity index (χ4n) is 2.04. The summed E-state index contributed by atoms with van der Waals surface area (Å²) in [6.07, 6.45) is 2.49. The molecule has 0 saturated carbocycles. The summed E-state index contributed by atoms with van der Waals surface area (Å²) >= 11 is 0. The average Bonchev–Trinajstić information content (AvgIpc) is 2.41. The Kier molecular flexibility index (Phi) is 4.56. The molecule has 3 heteroatoms. The van der Waals surface area contributed by atoms with Crippen LogP contribution in [0.2, 0.25) is 0 Å². The molecule has 0 aliphatic carbocycles. The zero-order valence-electron chi connectivity index (χ0n) is 10.4. The second-order valence-corrected chi connectivity index (χ2v) is 4.55. The van der Waals surface area contributed by atoms with Gasteiger partial charge in [-0.05, 0) is 31.9 Å². The van der Waals surface area contributed by atoms with Crippen molar-refractivity contribution >= 4 is 5.71 Å². The van der Waals surface area contributed by atoms with Crippen molar-refractivity contribution in [3.8, 4) is 0 Å². The number of nitrogens with one attached hydrogen (secondary N) is 1. The van der Waals surface area contributed by atoms with Crippen molar-refractivity contribution in [2.75, 3.05) is 19.7 Å². The third-order valence-corrected chi connectivity index (χ3v) is 3.10. The normalized spacial score (nSPS) is 21.2. The lowest BCUT2D eigenvalue weighted by Crippen LogP contribution is -2.31. The Morgan fingerprint density at radius 2 is 2.24 bits per heavy atom. The van der Waals surface area contributed by atoms with Gasteiger partial charge >= 0.3 is 0 Å². The summed E-state index contributed by atoms with van der Waals surface area (Å²) in [6, 6.07) is 10.1. The smallest absolute Gasteiger partial charge is 0.121 e. The summed E-state index contributed by atoms with van der Waals surface area (Å²) in [5.74, 6) is 0.607. The molecule has 0 bridgehead atoms. The lowest BCUT2D eigenvalue weighted by Gasteiger charge is -2.21. The molecule has 1 atom stereocenters. The minimum atomic E-state index is 0.607. The van der Waals surface area contributed by atoms with Crippen LogP contribution in [0.3, 0.4) is 0 Å². The lowest BCUT2D eigenvalue weighted by atomic mass is 10.0. The third kappa shape index (κ3) is 3.86. The molecule has 1 aliphatic heterocycles. The first-order chi connectivity index (χ1) is 8.36. The van der Waals surface area contributed by atoms with Gasteiger partial charge in [-0.1, -0.05) is 35.5 Å². The van der Waals surface area contributed by atoms with Crippen molar-refractivity contribution in [2.24, 2.45) is 11.1 Å². The third-order valence-electron chi connectivity index (χ3n) is 3.10. The monoisotopic (exact) mass is 232 g/mol. The van der Waals surface area contributed by atoms with Crippen LogP contribution in [0.4, 0.5) is 0 Å². The predicted octanol–water partition coefficient (Wildman–Crippen LogP) is 2.43. The molecule has 1 aliphatic rings. The van der Waals surface area contributed by atoms with Crippen LogP contribution >= 0.6 is 0 Å². The zero-order chi connectivity index (χ0) is 11.9. The molecule has 1 unspecified atom stereocenters. The molecule has 1 heterocycles. The second-order valence-electron chi connectivity index (χ2n) is 4.55. The van der Waals surface area contributed by atoms with Crippen LogP contribution in [0.1, 0.15) is 25.3 Å². The highest BCUT2D eigenvalue weighted by atomic mass is 16.6. The number of hydrogen-bond donors (Lipinski definition) is 1. The van der Waals surface area contributed by atoms with Gasteiger partial charge in [0.25, 0.3) is 0 Å². The van der Waals surface area contributed by atoms with E-state index in [1.165, 1.54) is 12.8 Å². The quantitative estimate of drug-likeness (QED) is 0.639. The molecule has 1 aromatic carbocycles. The standard InChI is InChI=1S/C14H20N2O/c1-12(14-7-3-2-4-8-14)16-17-11-13-6-5-9-15-10-13/h2-4,7-8,13,15H,5-6,9-11H2,1H3/b16-12+. The average molecular weight is 232 g/mol. The van der Waals surface area contributed by atoms with E-state index >= 15 is 0 Å². The zero-order valence-corrected chi connectivity index (χ0v) is 10.4. The van der Waals surface area contributed by atoms with Crippen molar-refractivity contribution in [2.45, 2.75) is 19.8 Å². The van der Waals surface area contributed by atoms with E-state index in [-0.39, 0.29) is 0 Å². The van der Waals surface area contributed by atoms with Gasteiger partial charge in [-0.15, -0.1) is 0 Å². The maximum absolute atomic E-state index is 5.44. The first-order valence-electron chi connectivity index (χ1n) is 6.29. The first-order valence-corrected chi connectivity index (χ1v) is 6.29. The van der Waals surface area contributed by atoms with Gasteiger partial charge in [-0.2, -0.15) is 0 Å². The van der Waals surface area contributed by atoms with E-state index in [9.17, 15) is 0 Å². The van der Waals surface area contributed by atoms with Crippen LogP contribution in [-0.4, -0.2) is 25.4 Å². The number of piperidine rings is 1. The molecule has 92 valence electrons. The number of benzene rings is 1. The summed E-state index contributed by atoms with van der Waals surface area (Å²) in [5, 5.41) is 7.55. The molecule has 0 spiro atoms. The number of rotatable bonds is 4. The fourth-order valence-corrected chi connectivity index (χ4v) is 2.04. The molecule has 0 aromatic heterocycles. The Morgan fingerprint density at radius 3 is 2.94 bits per heavy atom. The van der Waals surface area contributed by atoms with E-state index in [1.54, 1.807) is 0 Å². The second kappa shape index (κ2) is 6.40. The van der Waals surface area contributed by atoms with Gasteiger partial charge in [0.05, 0.1) is 5.71 Å². The van der Waals surface area contributed by atoms with Crippen molar-refractivity contribution < 1.29 is 4.84 Å². The highest BCUT2D eigenvalue weighted by Crippen LogP contribution is 2.10. The van der Waals surface area contributed by atoms with E-state index in [0.29, 0.717) is 5.92 Å². The largest absolute Gasteiger partial charge is 0.395 e. The first kappa shape index (κ1) is 12.1. The summed E-state index contributed by atoms with van der Waals surface area (Å²) < 4.78 is 0. The summed E-state index contributed by atoms with van der Waals surface area (Å²) in [5.41, 5.74) is 2.06. The van der Waals surface area contributed by atoms with Gasteiger partial charge in [0.15, 0.2) is 0 Å². The van der Waals surface area contributed by atoms with E-state index in [1.807, 2.05) is 37.3 Å². The molecule has 0 amide bonds. The van der Waals surface area contributed by atoms with Crippen molar-refractivity contribution in [1.29, 1.82) is 0 Å². The van der Waals surface area contributed by atoms with Gasteiger partial charge in [-0.3, -0.25) is 0 Å².